The molecule has 2 aromatic carbocycles. The summed E-state index contributed by atoms with van der Waals surface area (Å²) in [5.41, 5.74) is 0.529. The van der Waals surface area contributed by atoms with Gasteiger partial charge in [-0.3, -0.25) is 10.2 Å². The van der Waals surface area contributed by atoms with Crippen molar-refractivity contribution in [1.82, 2.24) is 4.90 Å². The maximum Gasteiger partial charge on any atom is 0.197 e. The number of carbonyl (C=O) groups is 1. The molecule has 3 rings (SSSR count). The first-order valence-corrected chi connectivity index (χ1v) is 12.4. The van der Waals surface area contributed by atoms with Crippen LogP contribution in [0.1, 0.15) is 94.9 Å². The molecule has 0 atom stereocenters. The van der Waals surface area contributed by atoms with Crippen LogP contribution in [0, 0.1) is 11.2 Å². The Morgan fingerprint density at radius 2 is 1.61 bits per heavy atom. The first kappa shape index (κ1) is 27.7. The Morgan fingerprint density at radius 3 is 2.14 bits per heavy atom. The van der Waals surface area contributed by atoms with Gasteiger partial charge in [0.1, 0.15) is 5.84 Å². The van der Waals surface area contributed by atoms with Crippen LogP contribution in [0.4, 0.5) is 4.39 Å². The lowest BCUT2D eigenvalue weighted by molar-refractivity contribution is 0.0782. The summed E-state index contributed by atoms with van der Waals surface area (Å²) in [6, 6.07) is 7.20. The van der Waals surface area contributed by atoms with Gasteiger partial charge in [0.25, 0.3) is 0 Å². The molecule has 2 N–H and O–H groups in total. The number of ketones is 1. The minimum absolute atomic E-state index is 0.0143. The lowest BCUT2D eigenvalue weighted by Gasteiger charge is -2.33. The number of halogens is 1. The minimum atomic E-state index is -1.12. The molecule has 0 aromatic heterocycles. The summed E-state index contributed by atoms with van der Waals surface area (Å²) in [5, 5.41) is 19.5. The van der Waals surface area contributed by atoms with E-state index in [0.717, 1.165) is 5.56 Å². The van der Waals surface area contributed by atoms with E-state index < -0.39 is 17.0 Å². The lowest BCUT2D eigenvalue weighted by Crippen LogP contribution is -2.42. The first-order chi connectivity index (χ1) is 16.5. The van der Waals surface area contributed by atoms with Crippen LogP contribution >= 0.6 is 0 Å². The molecule has 7 heteroatoms. The molecule has 36 heavy (non-hydrogen) atoms. The summed E-state index contributed by atoms with van der Waals surface area (Å²) < 4.78 is 26.8. The largest absolute Gasteiger partial charge is 0.490 e. The molecule has 6 nitrogen and oxygen atoms in total. The zero-order chi connectivity index (χ0) is 27.2. The Hall–Kier alpha value is -2.93. The zero-order valence-corrected chi connectivity index (χ0v) is 22.9. The highest BCUT2D eigenvalue weighted by Gasteiger charge is 2.45. The highest BCUT2D eigenvalue weighted by atomic mass is 19.1. The number of hydrogen-bond donors (Lipinski definition) is 2. The quantitative estimate of drug-likeness (QED) is 0.442. The number of nitrogens with one attached hydrogen (secondary N) is 1. The van der Waals surface area contributed by atoms with E-state index in [4.69, 9.17) is 14.9 Å². The Balaban J connectivity index is 2.06. The molecule has 0 saturated heterocycles. The number of carbonyl (C=O) groups excluding carboxylic acids is 1. The number of hydrogen-bond acceptors (Lipinski definition) is 5. The highest BCUT2D eigenvalue weighted by molar-refractivity contribution is 6.07. The van der Waals surface area contributed by atoms with E-state index in [0.29, 0.717) is 23.3 Å². The van der Waals surface area contributed by atoms with Crippen molar-refractivity contribution < 1.29 is 23.8 Å². The van der Waals surface area contributed by atoms with Gasteiger partial charge in [0.15, 0.2) is 23.1 Å². The number of fused-ring (bicyclic) bond motifs is 1. The zero-order valence-electron chi connectivity index (χ0n) is 22.9. The van der Waals surface area contributed by atoms with Crippen molar-refractivity contribution in [3.63, 3.8) is 0 Å². The molecular formula is C29H39FN2O4. The summed E-state index contributed by atoms with van der Waals surface area (Å²) in [6.07, 6.45) is 0. The van der Waals surface area contributed by atoms with Gasteiger partial charge in [0, 0.05) is 5.56 Å². The number of rotatable bonds is 8. The van der Waals surface area contributed by atoms with Gasteiger partial charge in [-0.1, -0.05) is 26.8 Å². The standard InChI is InChI=1S/C29H39FN2O4/c1-10-35-22-15-20-23(24(30)25(22)36-11-2)26(31)32(28(20,6)7)16-21(33)17-12-18(27(3,4)5)14-19(13-17)29(8,9)34/h12-15,31,34H,10-11,16H2,1-9H3. The van der Waals surface area contributed by atoms with E-state index in [2.05, 4.69) is 20.8 Å². The first-order valence-electron chi connectivity index (χ1n) is 12.4. The maximum absolute atomic E-state index is 15.7. The fraction of sp³-hybridized carbons (Fsp3) is 0.517. The number of amidine groups is 1. The van der Waals surface area contributed by atoms with Crippen molar-refractivity contribution in [1.29, 1.82) is 5.41 Å². The van der Waals surface area contributed by atoms with E-state index in [1.165, 1.54) is 0 Å². The van der Waals surface area contributed by atoms with Crippen molar-refractivity contribution in [2.24, 2.45) is 0 Å². The van der Waals surface area contributed by atoms with Crippen molar-refractivity contribution in [2.45, 2.75) is 78.9 Å². The lowest BCUT2D eigenvalue weighted by atomic mass is 9.82. The van der Waals surface area contributed by atoms with Crippen LogP contribution < -0.4 is 9.47 Å². The van der Waals surface area contributed by atoms with Crippen LogP contribution in [0.5, 0.6) is 11.5 Å². The topological polar surface area (TPSA) is 82.9 Å². The van der Waals surface area contributed by atoms with Crippen molar-refractivity contribution in [3.8, 4) is 11.5 Å². The van der Waals surface area contributed by atoms with E-state index in [-0.39, 0.29) is 47.2 Å². The van der Waals surface area contributed by atoms with Crippen LogP contribution in [0.25, 0.3) is 0 Å². The van der Waals surface area contributed by atoms with Crippen LogP contribution in [0.15, 0.2) is 24.3 Å². The third kappa shape index (κ3) is 4.99. The fourth-order valence-electron chi connectivity index (χ4n) is 4.51. The molecule has 0 saturated carbocycles. The van der Waals surface area contributed by atoms with Crippen LogP contribution in [-0.2, 0) is 16.6 Å². The summed E-state index contributed by atoms with van der Waals surface area (Å²) in [6.45, 7) is 17.3. The van der Waals surface area contributed by atoms with Crippen LogP contribution in [0.3, 0.4) is 0 Å². The summed E-state index contributed by atoms with van der Waals surface area (Å²) in [5.74, 6) is -0.658. The molecule has 1 aliphatic heterocycles. The van der Waals surface area contributed by atoms with E-state index in [1.807, 2.05) is 32.9 Å². The van der Waals surface area contributed by atoms with E-state index in [9.17, 15) is 9.90 Å². The molecule has 0 radical (unpaired) electrons. The Bertz CT molecular complexity index is 1160. The third-order valence-electron chi connectivity index (χ3n) is 6.75. The Morgan fingerprint density at radius 1 is 1.03 bits per heavy atom. The number of Topliss-reactive ketones (excluding diaryl/α,β-unsaturated/α-hetero) is 1. The van der Waals surface area contributed by atoms with Gasteiger partial charge in [-0.2, -0.15) is 0 Å². The summed E-state index contributed by atoms with van der Waals surface area (Å²) in [4.78, 5) is 15.2. The van der Waals surface area contributed by atoms with Crippen LogP contribution in [0.2, 0.25) is 0 Å². The number of benzene rings is 2. The van der Waals surface area contributed by atoms with E-state index in [1.54, 1.807) is 37.8 Å². The molecule has 0 fully saturated rings. The second-order valence-electron chi connectivity index (χ2n) is 11.3. The van der Waals surface area contributed by atoms with Gasteiger partial charge >= 0.3 is 0 Å². The number of nitrogens with zero attached hydrogens (tertiary/aromatic N) is 1. The van der Waals surface area contributed by atoms with Gasteiger partial charge in [-0.25, -0.2) is 4.39 Å². The second-order valence-corrected chi connectivity index (χ2v) is 11.3. The maximum atomic E-state index is 15.7. The van der Waals surface area contributed by atoms with E-state index >= 15 is 4.39 Å². The van der Waals surface area contributed by atoms with Gasteiger partial charge in [0.05, 0.1) is 36.5 Å². The number of ether oxygens (including phenoxy) is 2. The summed E-state index contributed by atoms with van der Waals surface area (Å²) in [7, 11) is 0. The molecule has 0 amide bonds. The third-order valence-corrected chi connectivity index (χ3v) is 6.75. The minimum Gasteiger partial charge on any atom is -0.490 e. The molecule has 0 spiro atoms. The highest BCUT2D eigenvalue weighted by Crippen LogP contribution is 2.46. The van der Waals surface area contributed by atoms with Crippen molar-refractivity contribution in [2.75, 3.05) is 19.8 Å². The fourth-order valence-corrected chi connectivity index (χ4v) is 4.51. The van der Waals surface area contributed by atoms with Crippen LogP contribution in [-0.4, -0.2) is 41.4 Å². The predicted octanol–water partition coefficient (Wildman–Crippen LogP) is 5.91. The monoisotopic (exact) mass is 498 g/mol. The smallest absolute Gasteiger partial charge is 0.197 e. The molecule has 0 bridgehead atoms. The van der Waals surface area contributed by atoms with Gasteiger partial charge in [-0.15, -0.1) is 0 Å². The second kappa shape index (κ2) is 9.51. The molecule has 1 aliphatic rings. The number of aliphatic hydroxyl groups is 1. The molecule has 0 unspecified atom stereocenters. The normalized spacial score (nSPS) is 15.2. The average molecular weight is 499 g/mol. The van der Waals surface area contributed by atoms with Crippen molar-refractivity contribution in [3.05, 3.63) is 57.9 Å². The van der Waals surface area contributed by atoms with Gasteiger partial charge in [0.2, 0.25) is 0 Å². The predicted molar refractivity (Wildman–Crippen MR) is 140 cm³/mol. The Labute approximate surface area is 213 Å². The van der Waals surface area contributed by atoms with Gasteiger partial charge < -0.3 is 19.5 Å². The molecule has 2 aromatic rings. The van der Waals surface area contributed by atoms with Crippen molar-refractivity contribution >= 4 is 11.6 Å². The molecular weight excluding hydrogens is 459 g/mol. The Kier molecular flexibility index (Phi) is 7.30. The SMILES string of the molecule is CCOc1cc2c(c(F)c1OCC)C(=N)N(CC(=O)c1cc(C(C)(C)C)cc(C(C)(C)O)c1)C2(C)C. The van der Waals surface area contributed by atoms with Gasteiger partial charge in [-0.05, 0) is 81.8 Å². The molecule has 196 valence electrons. The average Bonchev–Trinajstić information content (AvgIpc) is 2.95. The molecule has 0 aliphatic carbocycles. The molecule has 1 heterocycles. The summed E-state index contributed by atoms with van der Waals surface area (Å²) >= 11 is 0.